The zero-order valence-electron chi connectivity index (χ0n) is 13.0. The van der Waals surface area contributed by atoms with Crippen molar-refractivity contribution in [3.8, 4) is 0 Å². The van der Waals surface area contributed by atoms with E-state index in [4.69, 9.17) is 4.99 Å². The molecule has 2 heterocycles. The summed E-state index contributed by atoms with van der Waals surface area (Å²) in [6.07, 6.45) is 0. The van der Waals surface area contributed by atoms with Crippen LogP contribution in [-0.4, -0.2) is 48.9 Å². The van der Waals surface area contributed by atoms with E-state index in [2.05, 4.69) is 75.2 Å². The highest BCUT2D eigenvalue weighted by molar-refractivity contribution is 9.10. The molecule has 3 nitrogen and oxygen atoms in total. The summed E-state index contributed by atoms with van der Waals surface area (Å²) in [5, 5.41) is 0. The fourth-order valence-corrected chi connectivity index (χ4v) is 4.30. The Morgan fingerprint density at radius 2 is 1.78 bits per heavy atom. The van der Waals surface area contributed by atoms with Crippen molar-refractivity contribution in [1.29, 1.82) is 0 Å². The van der Waals surface area contributed by atoms with E-state index in [-0.39, 0.29) is 0 Å². The number of likely N-dealkylation sites (N-methyl/N-ethyl adjacent to an activating group) is 1. The highest BCUT2D eigenvalue weighted by atomic mass is 79.9. The second kappa shape index (κ2) is 6.30. The normalized spacial score (nSPS) is 18.0. The molecule has 2 aromatic rings. The molecule has 2 aliphatic heterocycles. The van der Waals surface area contributed by atoms with Crippen LogP contribution in [0.3, 0.4) is 0 Å². The van der Waals surface area contributed by atoms with Crippen LogP contribution in [0.2, 0.25) is 0 Å². The van der Waals surface area contributed by atoms with E-state index >= 15 is 0 Å². The number of rotatable bonds is 0. The van der Waals surface area contributed by atoms with E-state index in [0.29, 0.717) is 0 Å². The molecule has 0 radical (unpaired) electrons. The van der Waals surface area contributed by atoms with Gasteiger partial charge in [0.1, 0.15) is 5.84 Å². The lowest BCUT2D eigenvalue weighted by Crippen LogP contribution is -2.47. The third-order valence-electron chi connectivity index (χ3n) is 4.30. The summed E-state index contributed by atoms with van der Waals surface area (Å²) in [5.74, 6) is 1.11. The van der Waals surface area contributed by atoms with Gasteiger partial charge in [-0.25, -0.2) is 4.99 Å². The Labute approximate surface area is 149 Å². The SMILES string of the molecule is CN1CCN(C2=Nc3cc(Br)ccc3Sc3ccccc32)CC1. The molecule has 0 saturated carbocycles. The molecule has 118 valence electrons. The van der Waals surface area contributed by atoms with Crippen molar-refractivity contribution in [3.05, 3.63) is 52.5 Å². The Bertz CT molecular complexity index is 767. The fraction of sp³-hybridized carbons (Fsp3) is 0.278. The van der Waals surface area contributed by atoms with Crippen LogP contribution in [0.4, 0.5) is 5.69 Å². The third kappa shape index (κ3) is 3.05. The molecular weight excluding hydrogens is 370 g/mol. The Morgan fingerprint density at radius 3 is 2.61 bits per heavy atom. The summed E-state index contributed by atoms with van der Waals surface area (Å²) < 4.78 is 1.07. The fourth-order valence-electron chi connectivity index (χ4n) is 2.96. The molecule has 23 heavy (non-hydrogen) atoms. The number of fused-ring (bicyclic) bond motifs is 2. The lowest BCUT2D eigenvalue weighted by atomic mass is 10.1. The molecule has 0 spiro atoms. The molecular formula is C18H18BrN3S. The van der Waals surface area contributed by atoms with Crippen LogP contribution >= 0.6 is 27.7 Å². The summed E-state index contributed by atoms with van der Waals surface area (Å²) in [5.41, 5.74) is 2.30. The maximum absolute atomic E-state index is 5.06. The average Bonchev–Trinajstić information content (AvgIpc) is 2.72. The largest absolute Gasteiger partial charge is 0.354 e. The second-order valence-electron chi connectivity index (χ2n) is 5.94. The smallest absolute Gasteiger partial charge is 0.137 e. The van der Waals surface area contributed by atoms with Crippen molar-refractivity contribution in [2.75, 3.05) is 33.2 Å². The number of benzene rings is 2. The Hall–Kier alpha value is -1.30. The maximum atomic E-state index is 5.06. The van der Waals surface area contributed by atoms with Gasteiger partial charge in [-0.1, -0.05) is 45.9 Å². The second-order valence-corrected chi connectivity index (χ2v) is 7.94. The predicted octanol–water partition coefficient (Wildman–Crippen LogP) is 4.24. The third-order valence-corrected chi connectivity index (χ3v) is 5.93. The molecule has 1 saturated heterocycles. The van der Waals surface area contributed by atoms with Crippen molar-refractivity contribution in [2.24, 2.45) is 4.99 Å². The number of nitrogens with zero attached hydrogens (tertiary/aromatic N) is 3. The summed E-state index contributed by atoms with van der Waals surface area (Å²) in [4.78, 5) is 12.4. The van der Waals surface area contributed by atoms with Gasteiger partial charge in [0.05, 0.1) is 5.69 Å². The van der Waals surface area contributed by atoms with Crippen LogP contribution in [0.15, 0.2) is 61.7 Å². The van der Waals surface area contributed by atoms with Gasteiger partial charge in [0.25, 0.3) is 0 Å². The minimum atomic E-state index is 1.03. The number of amidine groups is 1. The van der Waals surface area contributed by atoms with E-state index in [9.17, 15) is 0 Å². The standard InChI is InChI=1S/C18H18BrN3S/c1-21-8-10-22(11-9-21)18-14-4-2-3-5-16(14)23-17-7-6-13(19)12-15(17)20-18/h2-7,12H,8-11H2,1H3. The first-order valence-corrected chi connectivity index (χ1v) is 9.41. The van der Waals surface area contributed by atoms with Gasteiger partial charge in [-0.3, -0.25) is 0 Å². The van der Waals surface area contributed by atoms with Crippen LogP contribution in [-0.2, 0) is 0 Å². The van der Waals surface area contributed by atoms with E-state index in [1.807, 2.05) is 11.8 Å². The number of hydrogen-bond acceptors (Lipinski definition) is 4. The summed E-state index contributed by atoms with van der Waals surface area (Å²) in [6.45, 7) is 4.22. The highest BCUT2D eigenvalue weighted by Gasteiger charge is 2.24. The molecule has 0 aromatic heterocycles. The topological polar surface area (TPSA) is 18.8 Å². The molecule has 0 atom stereocenters. The van der Waals surface area contributed by atoms with Crippen LogP contribution in [0.5, 0.6) is 0 Å². The van der Waals surface area contributed by atoms with Gasteiger partial charge in [-0.05, 0) is 31.3 Å². The molecule has 0 bridgehead atoms. The number of hydrogen-bond donors (Lipinski definition) is 0. The van der Waals surface area contributed by atoms with Gasteiger partial charge in [0, 0.05) is 46.0 Å². The Morgan fingerprint density at radius 1 is 1.00 bits per heavy atom. The van der Waals surface area contributed by atoms with Gasteiger partial charge in [-0.2, -0.15) is 0 Å². The summed E-state index contributed by atoms with van der Waals surface area (Å²) in [6, 6.07) is 15.0. The number of aliphatic imine (C=N–C) groups is 1. The van der Waals surface area contributed by atoms with Crippen LogP contribution < -0.4 is 0 Å². The first-order chi connectivity index (χ1) is 11.2. The zero-order valence-corrected chi connectivity index (χ0v) is 15.4. The molecule has 2 aromatic carbocycles. The predicted molar refractivity (Wildman–Crippen MR) is 100.0 cm³/mol. The molecule has 1 fully saturated rings. The van der Waals surface area contributed by atoms with E-state index < -0.39 is 0 Å². The molecule has 0 N–H and O–H groups in total. The van der Waals surface area contributed by atoms with E-state index in [1.165, 1.54) is 15.4 Å². The Kier molecular flexibility index (Phi) is 4.18. The quantitative estimate of drug-likeness (QED) is 0.673. The summed E-state index contributed by atoms with van der Waals surface area (Å²) in [7, 11) is 2.18. The van der Waals surface area contributed by atoms with E-state index in [1.54, 1.807) is 0 Å². The van der Waals surface area contributed by atoms with Crippen LogP contribution in [0, 0.1) is 0 Å². The molecule has 0 amide bonds. The van der Waals surface area contributed by atoms with Crippen molar-refractivity contribution < 1.29 is 0 Å². The minimum absolute atomic E-state index is 1.03. The lowest BCUT2D eigenvalue weighted by Gasteiger charge is -2.34. The molecule has 2 aliphatic rings. The van der Waals surface area contributed by atoms with E-state index in [0.717, 1.165) is 42.2 Å². The van der Waals surface area contributed by atoms with Gasteiger partial charge in [0.2, 0.25) is 0 Å². The molecule has 0 unspecified atom stereocenters. The van der Waals surface area contributed by atoms with Crippen LogP contribution in [0.25, 0.3) is 0 Å². The monoisotopic (exact) mass is 387 g/mol. The Balaban J connectivity index is 1.83. The van der Waals surface area contributed by atoms with Crippen molar-refractivity contribution in [1.82, 2.24) is 9.80 Å². The lowest BCUT2D eigenvalue weighted by molar-refractivity contribution is 0.215. The summed E-state index contributed by atoms with van der Waals surface area (Å²) >= 11 is 5.38. The molecule has 4 rings (SSSR count). The molecule has 0 aliphatic carbocycles. The van der Waals surface area contributed by atoms with Gasteiger partial charge in [-0.15, -0.1) is 0 Å². The van der Waals surface area contributed by atoms with Crippen molar-refractivity contribution >= 4 is 39.2 Å². The maximum Gasteiger partial charge on any atom is 0.137 e. The first-order valence-electron chi connectivity index (χ1n) is 7.80. The van der Waals surface area contributed by atoms with Crippen molar-refractivity contribution in [3.63, 3.8) is 0 Å². The number of piperazine rings is 1. The first kappa shape index (κ1) is 15.2. The highest BCUT2D eigenvalue weighted by Crippen LogP contribution is 2.41. The zero-order chi connectivity index (χ0) is 15.8. The van der Waals surface area contributed by atoms with Crippen molar-refractivity contribution in [2.45, 2.75) is 9.79 Å². The number of halogens is 1. The van der Waals surface area contributed by atoms with Gasteiger partial charge >= 0.3 is 0 Å². The minimum Gasteiger partial charge on any atom is -0.354 e. The molecule has 5 heteroatoms. The van der Waals surface area contributed by atoms with Gasteiger partial charge < -0.3 is 9.80 Å². The van der Waals surface area contributed by atoms with Gasteiger partial charge in [0.15, 0.2) is 0 Å². The van der Waals surface area contributed by atoms with Crippen LogP contribution in [0.1, 0.15) is 5.56 Å². The average molecular weight is 388 g/mol.